The minimum absolute atomic E-state index is 0.0789. The molecule has 1 aliphatic rings. The quantitative estimate of drug-likeness (QED) is 0.913. The summed E-state index contributed by atoms with van der Waals surface area (Å²) in [7, 11) is 0. The number of morpholine rings is 1. The zero-order chi connectivity index (χ0) is 13.9. The summed E-state index contributed by atoms with van der Waals surface area (Å²) < 4.78 is 42.3. The number of aliphatic hydroxyl groups excluding tert-OH is 1. The van der Waals surface area contributed by atoms with Crippen molar-refractivity contribution >= 4 is 0 Å². The van der Waals surface area contributed by atoms with E-state index in [0.717, 1.165) is 5.56 Å². The van der Waals surface area contributed by atoms with Crippen LogP contribution in [0.1, 0.15) is 5.56 Å². The molecule has 0 spiro atoms. The Morgan fingerprint density at radius 1 is 1.32 bits per heavy atom. The molecule has 0 aliphatic carbocycles. The molecule has 106 valence electrons. The van der Waals surface area contributed by atoms with Gasteiger partial charge in [0, 0.05) is 19.6 Å². The molecule has 0 saturated carbocycles. The van der Waals surface area contributed by atoms with Crippen molar-refractivity contribution < 1.29 is 23.0 Å². The van der Waals surface area contributed by atoms with Gasteiger partial charge in [-0.25, -0.2) is 0 Å². The number of aliphatic hydroxyl groups is 1. The lowest BCUT2D eigenvalue weighted by molar-refractivity contribution is -0.245. The Hall–Kier alpha value is -1.11. The van der Waals surface area contributed by atoms with Crippen LogP contribution in [0.2, 0.25) is 0 Å². The number of alkyl halides is 3. The first-order valence-electron chi connectivity index (χ1n) is 6.09. The van der Waals surface area contributed by atoms with Crippen LogP contribution in [-0.4, -0.2) is 48.1 Å². The molecule has 1 aromatic rings. The Morgan fingerprint density at radius 3 is 2.63 bits per heavy atom. The maximum atomic E-state index is 12.4. The molecule has 1 N–H and O–H groups in total. The van der Waals surface area contributed by atoms with E-state index in [4.69, 9.17) is 4.74 Å². The van der Waals surface area contributed by atoms with Gasteiger partial charge in [0.1, 0.15) is 6.10 Å². The van der Waals surface area contributed by atoms with Crippen molar-refractivity contribution in [1.29, 1.82) is 0 Å². The van der Waals surface area contributed by atoms with Gasteiger partial charge in [-0.1, -0.05) is 30.3 Å². The van der Waals surface area contributed by atoms with E-state index in [-0.39, 0.29) is 13.2 Å². The summed E-state index contributed by atoms with van der Waals surface area (Å²) >= 11 is 0. The molecule has 0 radical (unpaired) electrons. The van der Waals surface area contributed by atoms with Gasteiger partial charge >= 0.3 is 6.18 Å². The van der Waals surface area contributed by atoms with E-state index in [1.165, 1.54) is 0 Å². The van der Waals surface area contributed by atoms with Crippen molar-refractivity contribution in [1.82, 2.24) is 4.90 Å². The van der Waals surface area contributed by atoms with Gasteiger partial charge in [-0.15, -0.1) is 0 Å². The Morgan fingerprint density at radius 2 is 2.00 bits per heavy atom. The molecular weight excluding hydrogens is 259 g/mol. The van der Waals surface area contributed by atoms with E-state index in [9.17, 15) is 18.3 Å². The molecule has 0 aromatic heterocycles. The van der Waals surface area contributed by atoms with E-state index < -0.39 is 18.4 Å². The first-order valence-corrected chi connectivity index (χ1v) is 6.09. The summed E-state index contributed by atoms with van der Waals surface area (Å²) in [5, 5.41) is 9.22. The van der Waals surface area contributed by atoms with Crippen molar-refractivity contribution in [3.05, 3.63) is 35.9 Å². The van der Waals surface area contributed by atoms with Gasteiger partial charge in [0.25, 0.3) is 0 Å². The molecule has 0 amide bonds. The molecular formula is C13H16F3NO2. The third-order valence-corrected chi connectivity index (χ3v) is 3.11. The number of benzene rings is 1. The zero-order valence-corrected chi connectivity index (χ0v) is 10.3. The normalized spacial score (nSPS) is 23.3. The lowest BCUT2D eigenvalue weighted by atomic mass is 10.1. The lowest BCUT2D eigenvalue weighted by Crippen LogP contribution is -2.51. The number of hydrogen-bond acceptors (Lipinski definition) is 3. The Labute approximate surface area is 109 Å². The van der Waals surface area contributed by atoms with E-state index in [1.807, 2.05) is 35.2 Å². The maximum Gasteiger partial charge on any atom is 0.416 e. The molecule has 1 fully saturated rings. The summed E-state index contributed by atoms with van der Waals surface area (Å²) in [6.45, 7) is 1.40. The van der Waals surface area contributed by atoms with Gasteiger partial charge in [0.05, 0.1) is 6.61 Å². The summed E-state index contributed by atoms with van der Waals surface area (Å²) in [5.41, 5.74) is 1.03. The largest absolute Gasteiger partial charge is 0.416 e. The van der Waals surface area contributed by atoms with E-state index in [0.29, 0.717) is 13.1 Å². The van der Waals surface area contributed by atoms with Crippen LogP contribution in [0.25, 0.3) is 0 Å². The summed E-state index contributed by atoms with van der Waals surface area (Å²) in [4.78, 5) is 1.86. The van der Waals surface area contributed by atoms with Crippen LogP contribution in [0.15, 0.2) is 30.3 Å². The number of rotatable bonds is 3. The van der Waals surface area contributed by atoms with Gasteiger partial charge in [-0.2, -0.15) is 13.2 Å². The highest BCUT2D eigenvalue weighted by Gasteiger charge is 2.45. The number of ether oxygens (including phenoxy) is 1. The predicted molar refractivity (Wildman–Crippen MR) is 63.5 cm³/mol. The Balaban J connectivity index is 1.94. The molecule has 0 bridgehead atoms. The molecule has 1 saturated heterocycles. The molecule has 6 heteroatoms. The van der Waals surface area contributed by atoms with Crippen LogP contribution in [-0.2, 0) is 11.3 Å². The van der Waals surface area contributed by atoms with E-state index in [1.54, 1.807) is 0 Å². The van der Waals surface area contributed by atoms with Crippen molar-refractivity contribution in [3.63, 3.8) is 0 Å². The third kappa shape index (κ3) is 3.92. The van der Waals surface area contributed by atoms with Crippen molar-refractivity contribution in [2.45, 2.75) is 24.9 Å². The van der Waals surface area contributed by atoms with Crippen molar-refractivity contribution in [3.8, 4) is 0 Å². The van der Waals surface area contributed by atoms with Gasteiger partial charge in [-0.05, 0) is 5.56 Å². The van der Waals surface area contributed by atoms with Crippen LogP contribution in [0.3, 0.4) is 0 Å². The smallest absolute Gasteiger partial charge is 0.381 e. The molecule has 1 unspecified atom stereocenters. The summed E-state index contributed by atoms with van der Waals surface area (Å²) in [6.07, 6.45) is -8.27. The fraction of sp³-hybridized carbons (Fsp3) is 0.538. The molecule has 19 heavy (non-hydrogen) atoms. The van der Waals surface area contributed by atoms with Gasteiger partial charge in [-0.3, -0.25) is 4.90 Å². The van der Waals surface area contributed by atoms with E-state index >= 15 is 0 Å². The first kappa shape index (κ1) is 14.3. The molecule has 2 rings (SSSR count). The minimum Gasteiger partial charge on any atom is -0.381 e. The SMILES string of the molecule is O[C@@H](C1CN(Cc2ccccc2)CCO1)C(F)(F)F. The lowest BCUT2D eigenvalue weighted by Gasteiger charge is -2.35. The monoisotopic (exact) mass is 275 g/mol. The standard InChI is InChI=1S/C13H16F3NO2/c14-13(15,16)12(18)11-9-17(6-7-19-11)8-10-4-2-1-3-5-10/h1-5,11-12,18H,6-9H2/t11?,12-/m0/s1. The van der Waals surface area contributed by atoms with Crippen molar-refractivity contribution in [2.24, 2.45) is 0 Å². The number of nitrogens with zero attached hydrogens (tertiary/aromatic N) is 1. The number of halogens is 3. The second kappa shape index (κ2) is 5.90. The van der Waals surface area contributed by atoms with Crippen LogP contribution in [0.4, 0.5) is 13.2 Å². The second-order valence-electron chi connectivity index (χ2n) is 4.62. The van der Waals surface area contributed by atoms with Crippen LogP contribution >= 0.6 is 0 Å². The molecule has 2 atom stereocenters. The minimum atomic E-state index is -4.64. The Kier molecular flexibility index (Phi) is 4.44. The van der Waals surface area contributed by atoms with Gasteiger partial charge in [0.15, 0.2) is 6.10 Å². The van der Waals surface area contributed by atoms with Crippen LogP contribution < -0.4 is 0 Å². The summed E-state index contributed by atoms with van der Waals surface area (Å²) in [5.74, 6) is 0. The van der Waals surface area contributed by atoms with Crippen LogP contribution in [0, 0.1) is 0 Å². The van der Waals surface area contributed by atoms with Crippen molar-refractivity contribution in [2.75, 3.05) is 19.7 Å². The Bertz CT molecular complexity index is 397. The van der Waals surface area contributed by atoms with Gasteiger partial charge in [0.2, 0.25) is 0 Å². The topological polar surface area (TPSA) is 32.7 Å². The molecule has 3 nitrogen and oxygen atoms in total. The fourth-order valence-electron chi connectivity index (χ4n) is 2.12. The zero-order valence-electron chi connectivity index (χ0n) is 10.3. The number of hydrogen-bond donors (Lipinski definition) is 1. The van der Waals surface area contributed by atoms with E-state index in [2.05, 4.69) is 0 Å². The third-order valence-electron chi connectivity index (χ3n) is 3.11. The molecule has 1 aliphatic heterocycles. The van der Waals surface area contributed by atoms with Gasteiger partial charge < -0.3 is 9.84 Å². The highest BCUT2D eigenvalue weighted by Crippen LogP contribution is 2.26. The fourth-order valence-corrected chi connectivity index (χ4v) is 2.12. The highest BCUT2D eigenvalue weighted by molar-refractivity contribution is 5.14. The highest BCUT2D eigenvalue weighted by atomic mass is 19.4. The van der Waals surface area contributed by atoms with Crippen LogP contribution in [0.5, 0.6) is 0 Å². The average molecular weight is 275 g/mol. The summed E-state index contributed by atoms with van der Waals surface area (Å²) in [6, 6.07) is 9.50. The first-order chi connectivity index (χ1) is 8.97. The second-order valence-corrected chi connectivity index (χ2v) is 4.62. The predicted octanol–water partition coefficient (Wildman–Crippen LogP) is 1.81. The average Bonchev–Trinajstić information content (AvgIpc) is 2.38. The maximum absolute atomic E-state index is 12.4. The molecule has 1 heterocycles. The molecule has 1 aromatic carbocycles.